The molecule has 0 radical (unpaired) electrons. The van der Waals surface area contributed by atoms with Crippen molar-refractivity contribution in [1.82, 2.24) is 20.9 Å². The maximum absolute atomic E-state index is 13.0. The quantitative estimate of drug-likeness (QED) is 0.178. The van der Waals surface area contributed by atoms with Crippen LogP contribution in [0, 0.1) is 0 Å². The molecule has 0 saturated heterocycles. The molecule has 16 heteroatoms. The topological polar surface area (TPSA) is 126 Å². The van der Waals surface area contributed by atoms with Crippen molar-refractivity contribution in [3.63, 3.8) is 0 Å². The Hall–Kier alpha value is -5.96. The summed E-state index contributed by atoms with van der Waals surface area (Å²) in [5.74, 6) is 0.456. The third-order valence-corrected chi connectivity index (χ3v) is 8.33. The van der Waals surface area contributed by atoms with E-state index >= 15 is 0 Å². The summed E-state index contributed by atoms with van der Waals surface area (Å²) >= 11 is 5.97. The Labute approximate surface area is 315 Å². The van der Waals surface area contributed by atoms with Crippen LogP contribution in [0.5, 0.6) is 11.5 Å². The second kappa shape index (κ2) is 16.0. The molecule has 12 nitrogen and oxygen atoms in total. The van der Waals surface area contributed by atoms with Gasteiger partial charge in [-0.25, -0.2) is 10.0 Å². The highest BCUT2D eigenvalue weighted by molar-refractivity contribution is 6.30. The van der Waals surface area contributed by atoms with Crippen LogP contribution in [-0.4, -0.2) is 58.4 Å². The number of ether oxygens (including phenoxy) is 2. The van der Waals surface area contributed by atoms with Crippen LogP contribution in [0.4, 0.5) is 13.2 Å². The zero-order valence-corrected chi connectivity index (χ0v) is 31.0. The molecular formula is C38H38ClF3N6O6. The molecule has 2 amide bonds. The fourth-order valence-electron chi connectivity index (χ4n) is 5.38. The number of benzene rings is 4. The number of nitrogens with one attached hydrogen (secondary N) is 2. The average Bonchev–Trinajstić information content (AvgIpc) is 3.61. The lowest BCUT2D eigenvalue weighted by Gasteiger charge is -2.31. The van der Waals surface area contributed by atoms with Crippen LogP contribution in [0.15, 0.2) is 107 Å². The van der Waals surface area contributed by atoms with Gasteiger partial charge in [0, 0.05) is 32.8 Å². The number of hydrogen-bond donors (Lipinski definition) is 2. The van der Waals surface area contributed by atoms with E-state index in [1.165, 1.54) is 17.1 Å². The van der Waals surface area contributed by atoms with Gasteiger partial charge in [0.15, 0.2) is 11.7 Å². The number of nitrogens with zero attached hydrogens (tertiary/aromatic N) is 4. The molecule has 0 unspecified atom stereocenters. The number of amides is 2. The van der Waals surface area contributed by atoms with Crippen molar-refractivity contribution >= 4 is 35.1 Å². The van der Waals surface area contributed by atoms with Gasteiger partial charge in [-0.1, -0.05) is 53.1 Å². The van der Waals surface area contributed by atoms with E-state index in [2.05, 4.69) is 25.9 Å². The molecular weight excluding hydrogens is 729 g/mol. The molecule has 4 aromatic carbocycles. The minimum Gasteiger partial charge on any atom is -0.496 e. The lowest BCUT2D eigenvalue weighted by Crippen LogP contribution is -2.54. The first-order valence-electron chi connectivity index (χ1n) is 16.6. The maximum atomic E-state index is 13.0. The molecule has 0 spiro atoms. The Morgan fingerprint density at radius 3 is 1.78 bits per heavy atom. The molecule has 4 aromatic rings. The van der Waals surface area contributed by atoms with Gasteiger partial charge < -0.3 is 19.1 Å². The van der Waals surface area contributed by atoms with Crippen molar-refractivity contribution in [3.05, 3.63) is 130 Å². The molecule has 6 rings (SSSR count). The number of hydrogen-bond acceptors (Lipinski definition) is 10. The second-order valence-corrected chi connectivity index (χ2v) is 13.2. The molecule has 0 bridgehead atoms. The molecule has 0 atom stereocenters. The van der Waals surface area contributed by atoms with E-state index in [1.54, 1.807) is 80.6 Å². The number of rotatable bonds is 9. The van der Waals surface area contributed by atoms with Crippen LogP contribution in [0.2, 0.25) is 5.02 Å². The largest absolute Gasteiger partial charge is 0.573 e. The summed E-state index contributed by atoms with van der Waals surface area (Å²) in [4.78, 5) is 36.4. The highest BCUT2D eigenvalue weighted by Gasteiger charge is 2.41. The van der Waals surface area contributed by atoms with E-state index in [9.17, 15) is 22.8 Å². The van der Waals surface area contributed by atoms with Crippen molar-refractivity contribution in [2.75, 3.05) is 7.11 Å². The van der Waals surface area contributed by atoms with Crippen LogP contribution in [-0.2, 0) is 16.1 Å². The molecule has 0 saturated carbocycles. The average molecular weight is 767 g/mol. The fourth-order valence-corrected chi connectivity index (χ4v) is 5.50. The van der Waals surface area contributed by atoms with E-state index in [0.29, 0.717) is 39.7 Å². The summed E-state index contributed by atoms with van der Waals surface area (Å²) in [7, 11) is 1.60. The molecule has 2 N–H and O–H groups in total. The Morgan fingerprint density at radius 2 is 1.28 bits per heavy atom. The number of oxime groups is 2. The predicted molar refractivity (Wildman–Crippen MR) is 195 cm³/mol. The molecule has 0 fully saturated rings. The summed E-state index contributed by atoms with van der Waals surface area (Å²) in [6.07, 6.45) is -4.10. The summed E-state index contributed by atoms with van der Waals surface area (Å²) in [6, 6.07) is 26.3. The summed E-state index contributed by atoms with van der Waals surface area (Å²) < 4.78 is 46.1. The first kappa shape index (κ1) is 39.3. The lowest BCUT2D eigenvalue weighted by molar-refractivity contribution is -0.274. The SMILES string of the molecule is CC1(C)ON=C(c2ccc(OC(F)(F)F)cc2)N1NC(=O)c1ccccc1.CCc1c(OC)cccc1C(=O)NN1C(c2ccc(Cl)cc2)=NOC1(C)C. The molecule has 0 aliphatic carbocycles. The standard InChI is InChI=1S/C20H22ClN3O3.C18H16F3N3O3/c1-5-15-16(7-6-8-17(15)26-4)19(25)22-24-18(23-27-20(24,2)3)13-9-11-14(21)12-10-13;1-17(2)24(22-16(25)13-6-4-3-5-7-13)15(23-27-17)12-8-10-14(11-9-12)26-18(19,20)21/h6-12H,5H2,1-4H3,(H,22,25);3-11H,1-2H3,(H,22,25). The fraction of sp³-hybridized carbons (Fsp3) is 0.263. The summed E-state index contributed by atoms with van der Waals surface area (Å²) in [6.45, 7) is 9.02. The Kier molecular flexibility index (Phi) is 11.6. The van der Waals surface area contributed by atoms with Crippen LogP contribution in [0.25, 0.3) is 0 Å². The zero-order valence-electron chi connectivity index (χ0n) is 30.2. The Balaban J connectivity index is 0.000000208. The minimum atomic E-state index is -4.77. The van der Waals surface area contributed by atoms with Crippen molar-refractivity contribution < 1.29 is 41.9 Å². The highest BCUT2D eigenvalue weighted by Crippen LogP contribution is 2.29. The van der Waals surface area contributed by atoms with Crippen molar-refractivity contribution in [2.45, 2.75) is 58.9 Å². The molecule has 2 aliphatic rings. The lowest BCUT2D eigenvalue weighted by atomic mass is 10.0. The third-order valence-electron chi connectivity index (χ3n) is 8.07. The number of methoxy groups -OCH3 is 1. The van der Waals surface area contributed by atoms with Gasteiger partial charge in [-0.05, 0) is 107 Å². The van der Waals surface area contributed by atoms with Gasteiger partial charge in [0.2, 0.25) is 11.4 Å². The second-order valence-electron chi connectivity index (χ2n) is 12.7. The first-order chi connectivity index (χ1) is 25.5. The van der Waals surface area contributed by atoms with Crippen molar-refractivity contribution in [3.8, 4) is 11.5 Å². The van der Waals surface area contributed by atoms with Crippen LogP contribution in [0.1, 0.15) is 72.0 Å². The minimum absolute atomic E-state index is 0.253. The van der Waals surface area contributed by atoms with Gasteiger partial charge in [0.25, 0.3) is 11.8 Å². The van der Waals surface area contributed by atoms with Crippen LogP contribution >= 0.6 is 11.6 Å². The molecule has 54 heavy (non-hydrogen) atoms. The number of hydrazine groups is 2. The Morgan fingerprint density at radius 1 is 0.759 bits per heavy atom. The monoisotopic (exact) mass is 766 g/mol. The van der Waals surface area contributed by atoms with Crippen molar-refractivity contribution in [1.29, 1.82) is 0 Å². The van der Waals surface area contributed by atoms with Crippen molar-refractivity contribution in [2.24, 2.45) is 10.3 Å². The van der Waals surface area contributed by atoms with E-state index in [4.69, 9.17) is 26.0 Å². The number of halogens is 4. The summed E-state index contributed by atoms with van der Waals surface area (Å²) in [5, 5.41) is 11.8. The number of carbonyl (C=O) groups is 2. The van der Waals surface area contributed by atoms with E-state index in [1.807, 2.05) is 39.0 Å². The molecule has 0 aromatic heterocycles. The van der Waals surface area contributed by atoms with Crippen LogP contribution < -0.4 is 20.3 Å². The third kappa shape index (κ3) is 9.15. The number of amidine groups is 2. The number of carbonyl (C=O) groups excluding carboxylic acids is 2. The zero-order chi connectivity index (χ0) is 39.3. The molecule has 2 heterocycles. The number of alkyl halides is 3. The van der Waals surface area contributed by atoms with Gasteiger partial charge in [-0.3, -0.25) is 20.4 Å². The first-order valence-corrected chi connectivity index (χ1v) is 17.0. The molecule has 284 valence electrons. The Bertz CT molecular complexity index is 2020. The molecule has 2 aliphatic heterocycles. The highest BCUT2D eigenvalue weighted by atomic mass is 35.5. The van der Waals surface area contributed by atoms with Gasteiger partial charge in [0.05, 0.1) is 7.11 Å². The smallest absolute Gasteiger partial charge is 0.496 e. The van der Waals surface area contributed by atoms with Crippen LogP contribution in [0.3, 0.4) is 0 Å². The predicted octanol–water partition coefficient (Wildman–Crippen LogP) is 7.65. The van der Waals surface area contributed by atoms with E-state index in [0.717, 1.165) is 23.3 Å². The summed E-state index contributed by atoms with van der Waals surface area (Å²) in [5.41, 5.74) is 6.88. The normalized spacial score (nSPS) is 15.4. The maximum Gasteiger partial charge on any atom is 0.573 e. The van der Waals surface area contributed by atoms with E-state index < -0.39 is 17.8 Å². The van der Waals surface area contributed by atoms with Gasteiger partial charge in [0.1, 0.15) is 11.5 Å². The van der Waals surface area contributed by atoms with Gasteiger partial charge in [-0.15, -0.1) is 13.2 Å². The van der Waals surface area contributed by atoms with Gasteiger partial charge >= 0.3 is 6.36 Å². The van der Waals surface area contributed by atoms with Gasteiger partial charge in [-0.2, -0.15) is 0 Å². The van der Waals surface area contributed by atoms with E-state index in [-0.39, 0.29) is 23.4 Å².